The first-order valence-corrected chi connectivity index (χ1v) is 4.79. The molecular weight excluding hydrogens is 208 g/mol. The van der Waals surface area contributed by atoms with Crippen LogP contribution in [0.4, 0.5) is 0 Å². The van der Waals surface area contributed by atoms with Gasteiger partial charge in [0.25, 0.3) is 0 Å². The molecule has 15 heavy (non-hydrogen) atoms. The molecule has 0 N–H and O–H groups in total. The van der Waals surface area contributed by atoms with Gasteiger partial charge in [0.2, 0.25) is 0 Å². The van der Waals surface area contributed by atoms with E-state index in [0.29, 0.717) is 10.6 Å². The van der Waals surface area contributed by atoms with E-state index >= 15 is 0 Å². The van der Waals surface area contributed by atoms with Crippen molar-refractivity contribution in [2.75, 3.05) is 0 Å². The Balaban J connectivity index is 2.65. The van der Waals surface area contributed by atoms with E-state index in [2.05, 4.69) is 11.1 Å². The molecule has 1 heterocycles. The van der Waals surface area contributed by atoms with Gasteiger partial charge in [0.05, 0.1) is 11.6 Å². The van der Waals surface area contributed by atoms with E-state index < -0.39 is 0 Å². The third-order valence-electron chi connectivity index (χ3n) is 2.11. The minimum Gasteiger partial charge on any atom is -0.264 e. The van der Waals surface area contributed by atoms with Crippen LogP contribution in [0, 0.1) is 11.3 Å². The molecule has 0 amide bonds. The van der Waals surface area contributed by atoms with Gasteiger partial charge in [-0.25, -0.2) is 0 Å². The highest BCUT2D eigenvalue weighted by Crippen LogP contribution is 2.28. The quantitative estimate of drug-likeness (QED) is 0.731. The largest absolute Gasteiger partial charge is 0.264 e. The summed E-state index contributed by atoms with van der Waals surface area (Å²) >= 11 is 6.05. The van der Waals surface area contributed by atoms with Crippen molar-refractivity contribution in [3.63, 3.8) is 0 Å². The molecule has 3 heteroatoms. The summed E-state index contributed by atoms with van der Waals surface area (Å²) in [6, 6.07) is 11.2. The maximum Gasteiger partial charge on any atom is 0.0999 e. The van der Waals surface area contributed by atoms with Crippen molar-refractivity contribution in [3.05, 3.63) is 53.3 Å². The number of nitriles is 1. The number of halogens is 1. The zero-order valence-electron chi connectivity index (χ0n) is 7.81. The third kappa shape index (κ3) is 1.83. The summed E-state index contributed by atoms with van der Waals surface area (Å²) in [7, 11) is 0. The second-order valence-electron chi connectivity index (χ2n) is 3.01. The smallest absolute Gasteiger partial charge is 0.0999 e. The van der Waals surface area contributed by atoms with Crippen LogP contribution in [-0.2, 0) is 0 Å². The Kier molecular flexibility index (Phi) is 2.66. The molecule has 0 aliphatic carbocycles. The minimum absolute atomic E-state index is 0.582. The normalized spacial score (nSPS) is 9.60. The minimum atomic E-state index is 0.582. The Morgan fingerprint density at radius 3 is 2.67 bits per heavy atom. The van der Waals surface area contributed by atoms with Crippen molar-refractivity contribution in [3.8, 4) is 17.2 Å². The van der Waals surface area contributed by atoms with Gasteiger partial charge in [-0.1, -0.05) is 29.8 Å². The molecule has 1 aromatic heterocycles. The highest BCUT2D eigenvalue weighted by atomic mass is 35.5. The van der Waals surface area contributed by atoms with Crippen LogP contribution >= 0.6 is 11.6 Å². The summed E-state index contributed by atoms with van der Waals surface area (Å²) in [4.78, 5) is 4.00. The summed E-state index contributed by atoms with van der Waals surface area (Å²) in [5.74, 6) is 0. The van der Waals surface area contributed by atoms with Crippen LogP contribution < -0.4 is 0 Å². The van der Waals surface area contributed by atoms with E-state index in [1.807, 2.05) is 18.2 Å². The summed E-state index contributed by atoms with van der Waals surface area (Å²) in [5, 5.41) is 9.58. The number of hydrogen-bond donors (Lipinski definition) is 0. The van der Waals surface area contributed by atoms with E-state index in [4.69, 9.17) is 16.9 Å². The topological polar surface area (TPSA) is 36.7 Å². The molecule has 0 aliphatic heterocycles. The molecule has 2 aromatic rings. The van der Waals surface area contributed by atoms with E-state index in [1.165, 1.54) is 0 Å². The SMILES string of the molecule is N#Cc1ccncc1-c1ccccc1Cl. The molecule has 0 bridgehead atoms. The van der Waals surface area contributed by atoms with Crippen molar-refractivity contribution < 1.29 is 0 Å². The molecule has 2 rings (SSSR count). The molecule has 0 radical (unpaired) electrons. The van der Waals surface area contributed by atoms with Gasteiger partial charge in [0.1, 0.15) is 0 Å². The first-order chi connectivity index (χ1) is 7.33. The van der Waals surface area contributed by atoms with Gasteiger partial charge in [0.15, 0.2) is 0 Å². The lowest BCUT2D eigenvalue weighted by Crippen LogP contribution is -1.86. The fourth-order valence-electron chi connectivity index (χ4n) is 1.39. The van der Waals surface area contributed by atoms with Crippen molar-refractivity contribution in [2.45, 2.75) is 0 Å². The second-order valence-corrected chi connectivity index (χ2v) is 3.42. The molecule has 0 atom stereocenters. The van der Waals surface area contributed by atoms with Crippen molar-refractivity contribution in [1.29, 1.82) is 5.26 Å². The highest BCUT2D eigenvalue weighted by Gasteiger charge is 2.07. The Hall–Kier alpha value is -1.85. The van der Waals surface area contributed by atoms with Gasteiger partial charge in [0, 0.05) is 28.5 Å². The van der Waals surface area contributed by atoms with Crippen LogP contribution in [0.3, 0.4) is 0 Å². The first-order valence-electron chi connectivity index (χ1n) is 4.42. The molecule has 0 saturated carbocycles. The van der Waals surface area contributed by atoms with Gasteiger partial charge >= 0.3 is 0 Å². The van der Waals surface area contributed by atoms with Crippen LogP contribution in [-0.4, -0.2) is 4.98 Å². The fourth-order valence-corrected chi connectivity index (χ4v) is 1.62. The highest BCUT2D eigenvalue weighted by molar-refractivity contribution is 6.33. The van der Waals surface area contributed by atoms with E-state index in [9.17, 15) is 0 Å². The van der Waals surface area contributed by atoms with Gasteiger partial charge in [-0.05, 0) is 12.1 Å². The van der Waals surface area contributed by atoms with Crippen LogP contribution in [0.5, 0.6) is 0 Å². The standard InChI is InChI=1S/C12H7ClN2/c13-12-4-2-1-3-10(12)11-8-15-6-5-9(11)7-14/h1-6,8H. The lowest BCUT2D eigenvalue weighted by molar-refractivity contribution is 1.31. The van der Waals surface area contributed by atoms with E-state index in [1.54, 1.807) is 24.5 Å². The molecule has 0 fully saturated rings. The molecule has 0 saturated heterocycles. The predicted octanol–water partition coefficient (Wildman–Crippen LogP) is 3.27. The Morgan fingerprint density at radius 1 is 1.13 bits per heavy atom. The molecule has 1 aromatic carbocycles. The van der Waals surface area contributed by atoms with Crippen LogP contribution in [0.25, 0.3) is 11.1 Å². The van der Waals surface area contributed by atoms with E-state index in [-0.39, 0.29) is 0 Å². The lowest BCUT2D eigenvalue weighted by Gasteiger charge is -2.04. The number of aromatic nitrogens is 1. The first kappa shape index (κ1) is 9.70. The lowest BCUT2D eigenvalue weighted by atomic mass is 10.0. The monoisotopic (exact) mass is 214 g/mol. The molecule has 2 nitrogen and oxygen atoms in total. The zero-order valence-corrected chi connectivity index (χ0v) is 8.57. The fraction of sp³-hybridized carbons (Fsp3) is 0. The maximum atomic E-state index is 8.95. The van der Waals surface area contributed by atoms with Crippen LogP contribution in [0.2, 0.25) is 5.02 Å². The number of nitrogens with zero attached hydrogens (tertiary/aromatic N) is 2. The summed E-state index contributed by atoms with van der Waals surface area (Å²) < 4.78 is 0. The van der Waals surface area contributed by atoms with Gasteiger partial charge in [-0.2, -0.15) is 5.26 Å². The number of pyridine rings is 1. The van der Waals surface area contributed by atoms with Gasteiger partial charge < -0.3 is 0 Å². The molecule has 0 spiro atoms. The van der Waals surface area contributed by atoms with Gasteiger partial charge in [-0.15, -0.1) is 0 Å². The second kappa shape index (κ2) is 4.12. The van der Waals surface area contributed by atoms with Crippen LogP contribution in [0.15, 0.2) is 42.7 Å². The van der Waals surface area contributed by atoms with Crippen LogP contribution in [0.1, 0.15) is 5.56 Å². The van der Waals surface area contributed by atoms with Crippen molar-refractivity contribution in [1.82, 2.24) is 4.98 Å². The average Bonchev–Trinajstić information content (AvgIpc) is 2.30. The summed E-state index contributed by atoms with van der Waals surface area (Å²) in [6.45, 7) is 0. The molecule has 0 aliphatic rings. The Bertz CT molecular complexity index is 529. The van der Waals surface area contributed by atoms with Crippen molar-refractivity contribution in [2.24, 2.45) is 0 Å². The Morgan fingerprint density at radius 2 is 1.93 bits per heavy atom. The summed E-state index contributed by atoms with van der Waals surface area (Å²) in [5.41, 5.74) is 2.19. The molecule has 72 valence electrons. The third-order valence-corrected chi connectivity index (χ3v) is 2.44. The molecular formula is C12H7ClN2. The van der Waals surface area contributed by atoms with Gasteiger partial charge in [-0.3, -0.25) is 4.98 Å². The summed E-state index contributed by atoms with van der Waals surface area (Å²) in [6.07, 6.45) is 3.25. The number of rotatable bonds is 1. The Labute approximate surface area is 92.8 Å². The molecule has 0 unspecified atom stereocenters. The average molecular weight is 215 g/mol. The zero-order chi connectivity index (χ0) is 10.7. The maximum absolute atomic E-state index is 8.95. The predicted molar refractivity (Wildman–Crippen MR) is 59.4 cm³/mol. The van der Waals surface area contributed by atoms with E-state index in [0.717, 1.165) is 11.1 Å². The number of hydrogen-bond acceptors (Lipinski definition) is 2. The van der Waals surface area contributed by atoms with Crippen molar-refractivity contribution >= 4 is 11.6 Å². The number of benzene rings is 1.